The van der Waals surface area contributed by atoms with Crippen molar-refractivity contribution < 1.29 is 16.8 Å². The van der Waals surface area contributed by atoms with E-state index in [0.717, 1.165) is 10.6 Å². The van der Waals surface area contributed by atoms with Crippen LogP contribution in [0.15, 0.2) is 0 Å². The molecule has 0 aromatic rings. The van der Waals surface area contributed by atoms with Crippen LogP contribution in [0, 0.1) is 11.3 Å². The summed E-state index contributed by atoms with van der Waals surface area (Å²) in [6, 6.07) is 1.75. The summed E-state index contributed by atoms with van der Waals surface area (Å²) in [5.74, 6) is -0.880. The fourth-order valence-electron chi connectivity index (χ4n) is 1.03. The highest BCUT2D eigenvalue weighted by Gasteiger charge is 2.22. The Labute approximate surface area is 96.8 Å². The Morgan fingerprint density at radius 1 is 1.19 bits per heavy atom. The smallest absolute Gasteiger partial charge is 0.216 e. The van der Waals surface area contributed by atoms with E-state index in [1.807, 2.05) is 0 Å². The van der Waals surface area contributed by atoms with Crippen molar-refractivity contribution in [3.05, 3.63) is 0 Å². The van der Waals surface area contributed by atoms with Crippen LogP contribution in [0.25, 0.3) is 0 Å². The Hall–Kier alpha value is -0.650. The fourth-order valence-corrected chi connectivity index (χ4v) is 4.06. The van der Waals surface area contributed by atoms with Crippen molar-refractivity contribution in [1.29, 1.82) is 5.26 Å². The number of sulfone groups is 1. The van der Waals surface area contributed by atoms with Gasteiger partial charge in [0, 0.05) is 12.8 Å². The molecule has 0 amide bonds. The molecule has 0 aliphatic heterocycles. The van der Waals surface area contributed by atoms with Crippen molar-refractivity contribution in [3.63, 3.8) is 0 Å². The lowest BCUT2D eigenvalue weighted by Crippen LogP contribution is -2.35. The summed E-state index contributed by atoms with van der Waals surface area (Å²) in [4.78, 5) is 0. The first kappa shape index (κ1) is 15.3. The molecule has 0 saturated heterocycles. The second-order valence-electron chi connectivity index (χ2n) is 3.44. The summed E-state index contributed by atoms with van der Waals surface area (Å²) in [6.07, 6.45) is 1.57. The van der Waals surface area contributed by atoms with E-state index in [1.165, 1.54) is 0 Å². The van der Waals surface area contributed by atoms with Gasteiger partial charge < -0.3 is 0 Å². The van der Waals surface area contributed by atoms with Crippen molar-refractivity contribution in [2.75, 3.05) is 30.9 Å². The predicted molar refractivity (Wildman–Crippen MR) is 61.0 cm³/mol. The van der Waals surface area contributed by atoms with Gasteiger partial charge in [0.1, 0.15) is 16.4 Å². The van der Waals surface area contributed by atoms with Crippen LogP contribution in [0.5, 0.6) is 0 Å². The molecule has 0 N–H and O–H groups in total. The summed E-state index contributed by atoms with van der Waals surface area (Å²) in [7, 11) is -6.96. The minimum absolute atomic E-state index is 0.236. The molecule has 0 bridgehead atoms. The van der Waals surface area contributed by atoms with Crippen molar-refractivity contribution in [1.82, 2.24) is 4.31 Å². The minimum Gasteiger partial charge on any atom is -0.229 e. The van der Waals surface area contributed by atoms with Crippen molar-refractivity contribution in [2.45, 2.75) is 13.3 Å². The molecule has 0 aromatic carbocycles. The standard InChI is InChI=1S/C8H16N2O4S2/c1-3-5-10(6-4-9)16(13,14)8-7-15(2,11)12/h3,5-8H2,1-2H3. The zero-order valence-corrected chi connectivity index (χ0v) is 11.0. The number of rotatable bonds is 7. The maximum atomic E-state index is 11.7. The number of hydrogen-bond donors (Lipinski definition) is 0. The van der Waals surface area contributed by atoms with E-state index in [1.54, 1.807) is 13.0 Å². The molecule has 0 aliphatic rings. The van der Waals surface area contributed by atoms with E-state index >= 15 is 0 Å². The molecule has 0 aliphatic carbocycles. The van der Waals surface area contributed by atoms with E-state index in [0.29, 0.717) is 6.42 Å². The maximum Gasteiger partial charge on any atom is 0.216 e. The first-order chi connectivity index (χ1) is 7.23. The molecular formula is C8H16N2O4S2. The molecule has 0 heterocycles. The third-order valence-corrected chi connectivity index (χ3v) is 4.85. The number of nitrogens with zero attached hydrogens (tertiary/aromatic N) is 2. The number of hydrogen-bond acceptors (Lipinski definition) is 5. The molecule has 16 heavy (non-hydrogen) atoms. The molecule has 0 aromatic heterocycles. The van der Waals surface area contributed by atoms with Gasteiger partial charge in [0.25, 0.3) is 0 Å². The largest absolute Gasteiger partial charge is 0.229 e. The molecule has 6 nitrogen and oxygen atoms in total. The summed E-state index contributed by atoms with van der Waals surface area (Å²) in [5.41, 5.74) is 0. The third-order valence-electron chi connectivity index (χ3n) is 1.83. The Kier molecular flexibility index (Phi) is 5.92. The lowest BCUT2D eigenvalue weighted by molar-refractivity contribution is 0.445. The zero-order chi connectivity index (χ0) is 12.8. The summed E-state index contributed by atoms with van der Waals surface area (Å²) in [5, 5.41) is 8.48. The lowest BCUT2D eigenvalue weighted by atomic mass is 10.5. The predicted octanol–water partition coefficient (Wildman–Crippen LogP) is -0.404. The Morgan fingerprint density at radius 2 is 1.75 bits per heavy atom. The monoisotopic (exact) mass is 268 g/mol. The van der Waals surface area contributed by atoms with Crippen molar-refractivity contribution in [3.8, 4) is 6.07 Å². The molecule has 0 fully saturated rings. The van der Waals surface area contributed by atoms with Gasteiger partial charge in [-0.2, -0.15) is 9.57 Å². The quantitative estimate of drug-likeness (QED) is 0.585. The summed E-state index contributed by atoms with van der Waals surface area (Å²) in [6.45, 7) is 1.79. The van der Waals surface area contributed by atoms with Crippen LogP contribution in [0.2, 0.25) is 0 Å². The van der Waals surface area contributed by atoms with Crippen LogP contribution in [-0.2, 0) is 19.9 Å². The molecule has 0 radical (unpaired) electrons. The highest BCUT2D eigenvalue weighted by Crippen LogP contribution is 2.03. The van der Waals surface area contributed by atoms with Gasteiger partial charge >= 0.3 is 0 Å². The summed E-state index contributed by atoms with van der Waals surface area (Å²) < 4.78 is 46.1. The lowest BCUT2D eigenvalue weighted by Gasteiger charge is -2.17. The molecule has 0 atom stereocenters. The van der Waals surface area contributed by atoms with Gasteiger partial charge in [0.2, 0.25) is 10.0 Å². The molecular weight excluding hydrogens is 252 g/mol. The molecule has 94 valence electrons. The van der Waals surface area contributed by atoms with Crippen LogP contribution in [0.3, 0.4) is 0 Å². The maximum absolute atomic E-state index is 11.7. The normalized spacial score (nSPS) is 12.6. The minimum atomic E-state index is -3.65. The molecule has 8 heteroatoms. The molecule has 0 saturated carbocycles. The van der Waals surface area contributed by atoms with E-state index < -0.39 is 31.4 Å². The Morgan fingerprint density at radius 3 is 2.12 bits per heavy atom. The average Bonchev–Trinajstić information content (AvgIpc) is 2.14. The van der Waals surface area contributed by atoms with E-state index in [4.69, 9.17) is 5.26 Å². The first-order valence-corrected chi connectivity index (χ1v) is 8.42. The van der Waals surface area contributed by atoms with Gasteiger partial charge in [0.05, 0.1) is 17.6 Å². The number of sulfonamides is 1. The van der Waals surface area contributed by atoms with E-state index in [2.05, 4.69) is 0 Å². The van der Waals surface area contributed by atoms with E-state index in [-0.39, 0.29) is 13.1 Å². The molecule has 0 spiro atoms. The van der Waals surface area contributed by atoms with Gasteiger partial charge in [-0.25, -0.2) is 16.8 Å². The van der Waals surface area contributed by atoms with Crippen LogP contribution < -0.4 is 0 Å². The topological polar surface area (TPSA) is 95.3 Å². The van der Waals surface area contributed by atoms with Gasteiger partial charge in [-0.05, 0) is 6.42 Å². The second kappa shape index (κ2) is 6.18. The SMILES string of the molecule is CCCN(CC#N)S(=O)(=O)CCS(C)(=O)=O. The molecule has 0 unspecified atom stereocenters. The van der Waals surface area contributed by atoms with Crippen LogP contribution in [0.4, 0.5) is 0 Å². The van der Waals surface area contributed by atoms with Crippen molar-refractivity contribution in [2.24, 2.45) is 0 Å². The third kappa shape index (κ3) is 6.05. The highest BCUT2D eigenvalue weighted by molar-refractivity contribution is 7.93. The Balaban J connectivity index is 4.68. The molecule has 0 rings (SSSR count). The first-order valence-electron chi connectivity index (χ1n) is 4.75. The van der Waals surface area contributed by atoms with Crippen molar-refractivity contribution >= 4 is 19.9 Å². The summed E-state index contributed by atoms with van der Waals surface area (Å²) >= 11 is 0. The highest BCUT2D eigenvalue weighted by atomic mass is 32.2. The Bertz CT molecular complexity index is 447. The van der Waals surface area contributed by atoms with Crippen LogP contribution >= 0.6 is 0 Å². The van der Waals surface area contributed by atoms with Gasteiger partial charge in [-0.3, -0.25) is 0 Å². The number of nitriles is 1. The second-order valence-corrected chi connectivity index (χ2v) is 7.79. The fraction of sp³-hybridized carbons (Fsp3) is 0.875. The van der Waals surface area contributed by atoms with Gasteiger partial charge in [-0.1, -0.05) is 6.92 Å². The zero-order valence-electron chi connectivity index (χ0n) is 9.38. The van der Waals surface area contributed by atoms with Crippen LogP contribution in [0.1, 0.15) is 13.3 Å². The van der Waals surface area contributed by atoms with Gasteiger partial charge in [-0.15, -0.1) is 0 Å². The average molecular weight is 268 g/mol. The van der Waals surface area contributed by atoms with E-state index in [9.17, 15) is 16.8 Å². The van der Waals surface area contributed by atoms with Crippen LogP contribution in [-0.4, -0.2) is 52.0 Å². The van der Waals surface area contributed by atoms with Gasteiger partial charge in [0.15, 0.2) is 0 Å².